The van der Waals surface area contributed by atoms with Gasteiger partial charge in [-0.15, -0.1) is 0 Å². The summed E-state index contributed by atoms with van der Waals surface area (Å²) < 4.78 is 5.61. The molecule has 0 radical (unpaired) electrons. The molecule has 0 spiro atoms. The Bertz CT molecular complexity index is 468. The van der Waals surface area contributed by atoms with Crippen LogP contribution in [-0.4, -0.2) is 25.3 Å². The fourth-order valence-corrected chi connectivity index (χ4v) is 2.16. The quantitative estimate of drug-likeness (QED) is 0.881. The lowest BCUT2D eigenvalue weighted by molar-refractivity contribution is -0.121. The van der Waals surface area contributed by atoms with Gasteiger partial charge in [0.1, 0.15) is 5.75 Å². The van der Waals surface area contributed by atoms with E-state index in [0.717, 1.165) is 29.7 Å². The van der Waals surface area contributed by atoms with E-state index in [1.165, 1.54) is 0 Å². The molecule has 0 saturated carbocycles. The lowest BCUT2D eigenvalue weighted by Gasteiger charge is -2.18. The summed E-state index contributed by atoms with van der Waals surface area (Å²) >= 11 is 0. The minimum Gasteiger partial charge on any atom is -0.493 e. The molecule has 0 fully saturated rings. The third-order valence-electron chi connectivity index (χ3n) is 3.13. The van der Waals surface area contributed by atoms with Gasteiger partial charge >= 0.3 is 0 Å². The summed E-state index contributed by atoms with van der Waals surface area (Å²) in [7, 11) is 1.60. The van der Waals surface area contributed by atoms with Crippen LogP contribution in [0, 0.1) is 0 Å². The molecule has 0 bridgehead atoms. The van der Waals surface area contributed by atoms with Crippen molar-refractivity contribution >= 4 is 11.7 Å². The first-order valence-corrected chi connectivity index (χ1v) is 6.21. The zero-order chi connectivity index (χ0) is 13.0. The van der Waals surface area contributed by atoms with Crippen LogP contribution >= 0.6 is 0 Å². The summed E-state index contributed by atoms with van der Waals surface area (Å²) in [6.45, 7) is 0.338. The molecule has 1 aliphatic carbocycles. The van der Waals surface area contributed by atoms with Gasteiger partial charge in [0.25, 0.3) is 0 Å². The highest BCUT2D eigenvalue weighted by atomic mass is 16.5. The molecule has 1 aromatic carbocycles. The van der Waals surface area contributed by atoms with E-state index in [1.54, 1.807) is 7.05 Å². The van der Waals surface area contributed by atoms with Crippen molar-refractivity contribution in [1.29, 1.82) is 0 Å². The van der Waals surface area contributed by atoms with Crippen LogP contribution in [0.4, 0.5) is 0 Å². The smallest absolute Gasteiger partial charge is 0.223 e. The number of hydrogen-bond acceptors (Lipinski definition) is 3. The maximum absolute atomic E-state index is 11.7. The van der Waals surface area contributed by atoms with Crippen molar-refractivity contribution in [2.24, 2.45) is 0 Å². The number of rotatable bonds is 4. The lowest BCUT2D eigenvalue weighted by atomic mass is 9.90. The van der Waals surface area contributed by atoms with Gasteiger partial charge in [0.05, 0.1) is 13.0 Å². The van der Waals surface area contributed by atoms with Gasteiger partial charge in [-0.05, 0) is 18.9 Å². The number of benzene rings is 1. The van der Waals surface area contributed by atoms with Crippen molar-refractivity contribution in [3.05, 3.63) is 29.3 Å². The van der Waals surface area contributed by atoms with Crippen molar-refractivity contribution in [2.75, 3.05) is 13.7 Å². The maximum Gasteiger partial charge on any atom is 0.223 e. The Morgan fingerprint density at radius 2 is 2.22 bits per heavy atom. The summed E-state index contributed by atoms with van der Waals surface area (Å²) in [6.07, 6.45) is 2.70. The Hall–Kier alpha value is -1.84. The predicted molar refractivity (Wildman–Crippen MR) is 67.9 cm³/mol. The average Bonchev–Trinajstić information content (AvgIpc) is 2.39. The Morgan fingerprint density at radius 3 is 3.00 bits per heavy atom. The average molecular weight is 247 g/mol. The number of hydrogen-bond donors (Lipinski definition) is 1. The zero-order valence-electron chi connectivity index (χ0n) is 10.5. The lowest BCUT2D eigenvalue weighted by Crippen LogP contribution is -2.20. The van der Waals surface area contributed by atoms with Gasteiger partial charge in [0.15, 0.2) is 5.78 Å². The highest BCUT2D eigenvalue weighted by Crippen LogP contribution is 2.29. The van der Waals surface area contributed by atoms with Crippen molar-refractivity contribution in [3.8, 4) is 5.75 Å². The summed E-state index contributed by atoms with van der Waals surface area (Å²) in [6, 6.07) is 5.54. The number of carbonyl (C=O) groups excluding carboxylic acids is 2. The molecule has 4 heteroatoms. The summed E-state index contributed by atoms with van der Waals surface area (Å²) in [5, 5.41) is 2.55. The number of fused-ring (bicyclic) bond motifs is 1. The standard InChI is InChI=1S/C14H17NO3/c1-15-14(17)8-9-18-13-7-3-4-10-11(13)5-2-6-12(10)16/h3-4,7H,2,5-6,8-9H2,1H3,(H,15,17). The molecule has 2 rings (SSSR count). The fraction of sp³-hybridized carbons (Fsp3) is 0.429. The molecule has 1 N–H and O–H groups in total. The molecule has 4 nitrogen and oxygen atoms in total. The molecule has 1 amide bonds. The SMILES string of the molecule is CNC(=O)CCOc1cccc2c1CCCC2=O. The van der Waals surface area contributed by atoms with E-state index in [9.17, 15) is 9.59 Å². The molecule has 0 unspecified atom stereocenters. The van der Waals surface area contributed by atoms with Crippen LogP contribution < -0.4 is 10.1 Å². The van der Waals surface area contributed by atoms with E-state index >= 15 is 0 Å². The third kappa shape index (κ3) is 2.70. The van der Waals surface area contributed by atoms with Crippen molar-refractivity contribution in [1.82, 2.24) is 5.32 Å². The highest BCUT2D eigenvalue weighted by Gasteiger charge is 2.20. The number of ketones is 1. The molecule has 0 aromatic heterocycles. The zero-order valence-corrected chi connectivity index (χ0v) is 10.5. The first-order chi connectivity index (χ1) is 8.72. The molecule has 0 aliphatic heterocycles. The first-order valence-electron chi connectivity index (χ1n) is 6.21. The van der Waals surface area contributed by atoms with Crippen LogP contribution in [0.5, 0.6) is 5.75 Å². The van der Waals surface area contributed by atoms with Crippen LogP contribution in [0.1, 0.15) is 35.2 Å². The molecule has 18 heavy (non-hydrogen) atoms. The monoisotopic (exact) mass is 247 g/mol. The van der Waals surface area contributed by atoms with E-state index in [2.05, 4.69) is 5.32 Å². The first kappa shape index (κ1) is 12.6. The van der Waals surface area contributed by atoms with Gasteiger partial charge in [-0.2, -0.15) is 0 Å². The minimum atomic E-state index is -0.0455. The van der Waals surface area contributed by atoms with E-state index in [4.69, 9.17) is 4.74 Å². The number of Topliss-reactive ketones (excluding diaryl/α,β-unsaturated/α-hetero) is 1. The Morgan fingerprint density at radius 1 is 1.39 bits per heavy atom. The van der Waals surface area contributed by atoms with E-state index in [-0.39, 0.29) is 11.7 Å². The van der Waals surface area contributed by atoms with Crippen LogP contribution in [0.3, 0.4) is 0 Å². The summed E-state index contributed by atoms with van der Waals surface area (Å²) in [4.78, 5) is 22.8. The normalized spacial score (nSPS) is 13.9. The molecule has 96 valence electrons. The topological polar surface area (TPSA) is 55.4 Å². The van der Waals surface area contributed by atoms with Gasteiger partial charge < -0.3 is 10.1 Å². The molecule has 0 saturated heterocycles. The maximum atomic E-state index is 11.7. The summed E-state index contributed by atoms with van der Waals surface area (Å²) in [5.74, 6) is 0.883. The van der Waals surface area contributed by atoms with Crippen molar-refractivity contribution < 1.29 is 14.3 Å². The van der Waals surface area contributed by atoms with Crippen LogP contribution in [-0.2, 0) is 11.2 Å². The van der Waals surface area contributed by atoms with Gasteiger partial charge in [0, 0.05) is 24.6 Å². The number of nitrogens with one attached hydrogen (secondary N) is 1. The van der Waals surface area contributed by atoms with Gasteiger partial charge in [-0.3, -0.25) is 9.59 Å². The van der Waals surface area contributed by atoms with Gasteiger partial charge in [-0.1, -0.05) is 12.1 Å². The van der Waals surface area contributed by atoms with Crippen LogP contribution in [0.2, 0.25) is 0 Å². The minimum absolute atomic E-state index is 0.0455. The number of carbonyl (C=O) groups is 2. The molecule has 0 heterocycles. The highest BCUT2D eigenvalue weighted by molar-refractivity contribution is 5.99. The Labute approximate surface area is 106 Å². The third-order valence-corrected chi connectivity index (χ3v) is 3.13. The van der Waals surface area contributed by atoms with Gasteiger partial charge in [0.2, 0.25) is 5.91 Å². The molecule has 1 aliphatic rings. The Balaban J connectivity index is 2.07. The molecular formula is C14H17NO3. The summed E-state index contributed by atoms with van der Waals surface area (Å²) in [5.41, 5.74) is 1.77. The largest absolute Gasteiger partial charge is 0.493 e. The van der Waals surface area contributed by atoms with Crippen LogP contribution in [0.25, 0.3) is 0 Å². The Kier molecular flexibility index (Phi) is 3.97. The van der Waals surface area contributed by atoms with E-state index in [0.29, 0.717) is 19.4 Å². The fourth-order valence-electron chi connectivity index (χ4n) is 2.16. The predicted octanol–water partition coefficient (Wildman–Crippen LogP) is 1.72. The van der Waals surface area contributed by atoms with E-state index in [1.807, 2.05) is 18.2 Å². The molecule has 0 atom stereocenters. The van der Waals surface area contributed by atoms with Crippen LogP contribution in [0.15, 0.2) is 18.2 Å². The van der Waals surface area contributed by atoms with Crippen molar-refractivity contribution in [2.45, 2.75) is 25.7 Å². The molecule has 1 aromatic rings. The van der Waals surface area contributed by atoms with Crippen molar-refractivity contribution in [3.63, 3.8) is 0 Å². The second-order valence-corrected chi connectivity index (χ2v) is 4.33. The van der Waals surface area contributed by atoms with E-state index < -0.39 is 0 Å². The number of amides is 1. The van der Waals surface area contributed by atoms with Gasteiger partial charge in [-0.25, -0.2) is 0 Å². The second-order valence-electron chi connectivity index (χ2n) is 4.33. The second kappa shape index (κ2) is 5.67. The number of ether oxygens (including phenoxy) is 1. The molecular weight excluding hydrogens is 230 g/mol.